The fourth-order valence-electron chi connectivity index (χ4n) is 3.62. The second-order valence-corrected chi connectivity index (χ2v) is 6.89. The van der Waals surface area contributed by atoms with E-state index < -0.39 is 0 Å². The molecule has 2 N–H and O–H groups in total. The quantitative estimate of drug-likeness (QED) is 0.834. The molecular formula is C20H26N2O2. The molecule has 0 spiro atoms. The molecule has 128 valence electrons. The number of carbonyl (C=O) groups excluding carboxylic acids is 2. The first kappa shape index (κ1) is 16.7. The summed E-state index contributed by atoms with van der Waals surface area (Å²) in [4.78, 5) is 24.7. The van der Waals surface area contributed by atoms with Crippen LogP contribution in [0.2, 0.25) is 0 Å². The number of allylic oxidation sites excluding steroid dienone is 6. The highest BCUT2D eigenvalue weighted by atomic mass is 16.2. The maximum absolute atomic E-state index is 12.3. The molecule has 1 saturated carbocycles. The first-order valence-electron chi connectivity index (χ1n) is 9.00. The molecule has 0 bridgehead atoms. The van der Waals surface area contributed by atoms with Crippen molar-refractivity contribution in [2.75, 3.05) is 0 Å². The van der Waals surface area contributed by atoms with Crippen LogP contribution in [-0.4, -0.2) is 23.9 Å². The van der Waals surface area contributed by atoms with Gasteiger partial charge in [0.2, 0.25) is 11.8 Å². The lowest BCUT2D eigenvalue weighted by molar-refractivity contribution is -0.124. The normalized spacial score (nSPS) is 31.7. The third-order valence-electron chi connectivity index (χ3n) is 5.00. The summed E-state index contributed by atoms with van der Waals surface area (Å²) in [6.45, 7) is 0. The minimum absolute atomic E-state index is 0.0517. The molecule has 0 saturated heterocycles. The van der Waals surface area contributed by atoms with E-state index >= 15 is 0 Å². The summed E-state index contributed by atoms with van der Waals surface area (Å²) in [6, 6.07) is 0.329. The van der Waals surface area contributed by atoms with E-state index in [1.165, 1.54) is 0 Å². The van der Waals surface area contributed by atoms with Gasteiger partial charge in [-0.25, -0.2) is 0 Å². The van der Waals surface area contributed by atoms with Gasteiger partial charge in [0.25, 0.3) is 0 Å². The molecule has 0 aromatic rings. The molecule has 0 radical (unpaired) electrons. The van der Waals surface area contributed by atoms with Crippen molar-refractivity contribution in [1.82, 2.24) is 10.6 Å². The second kappa shape index (κ2) is 8.13. The van der Waals surface area contributed by atoms with E-state index in [1.807, 2.05) is 48.6 Å². The van der Waals surface area contributed by atoms with Crippen LogP contribution in [0.25, 0.3) is 0 Å². The van der Waals surface area contributed by atoms with Gasteiger partial charge in [0.05, 0.1) is 11.8 Å². The zero-order chi connectivity index (χ0) is 16.8. The number of hydrogen-bond donors (Lipinski definition) is 2. The topological polar surface area (TPSA) is 58.2 Å². The minimum Gasteiger partial charge on any atom is -0.353 e. The van der Waals surface area contributed by atoms with E-state index in [0.29, 0.717) is 0 Å². The van der Waals surface area contributed by atoms with Crippen molar-refractivity contribution in [1.29, 1.82) is 0 Å². The van der Waals surface area contributed by atoms with Crippen molar-refractivity contribution in [2.45, 2.75) is 50.6 Å². The molecule has 0 aromatic heterocycles. The third-order valence-corrected chi connectivity index (χ3v) is 5.00. The van der Waals surface area contributed by atoms with Gasteiger partial charge in [-0.1, -0.05) is 48.6 Å². The van der Waals surface area contributed by atoms with E-state index in [1.54, 1.807) is 0 Å². The highest BCUT2D eigenvalue weighted by Gasteiger charge is 2.27. The summed E-state index contributed by atoms with van der Waals surface area (Å²) in [5, 5.41) is 6.34. The fraction of sp³-hybridized carbons (Fsp3) is 0.500. The predicted molar refractivity (Wildman–Crippen MR) is 95.1 cm³/mol. The third kappa shape index (κ3) is 4.47. The Bertz CT molecular complexity index is 538. The molecule has 4 nitrogen and oxygen atoms in total. The molecule has 4 heteroatoms. The lowest BCUT2D eigenvalue weighted by atomic mass is 9.89. The van der Waals surface area contributed by atoms with Gasteiger partial charge >= 0.3 is 0 Å². The SMILES string of the molecule is O=C(NC1CCCC(NC(=O)C2C=CC=CC2)C1)C1C=CC=CC1. The molecule has 4 unspecified atom stereocenters. The maximum Gasteiger partial charge on any atom is 0.227 e. The molecular weight excluding hydrogens is 300 g/mol. The lowest BCUT2D eigenvalue weighted by Crippen LogP contribution is -2.48. The highest BCUT2D eigenvalue weighted by Crippen LogP contribution is 2.21. The van der Waals surface area contributed by atoms with Crippen molar-refractivity contribution < 1.29 is 9.59 Å². The van der Waals surface area contributed by atoms with Crippen LogP contribution in [0.3, 0.4) is 0 Å². The molecule has 0 aliphatic heterocycles. The summed E-state index contributed by atoms with van der Waals surface area (Å²) in [7, 11) is 0. The largest absolute Gasteiger partial charge is 0.353 e. The number of carbonyl (C=O) groups is 2. The molecule has 4 atom stereocenters. The van der Waals surface area contributed by atoms with Gasteiger partial charge in [0.1, 0.15) is 0 Å². The van der Waals surface area contributed by atoms with Gasteiger partial charge < -0.3 is 10.6 Å². The van der Waals surface area contributed by atoms with Crippen molar-refractivity contribution in [3.05, 3.63) is 48.6 Å². The Morgan fingerprint density at radius 1 is 0.750 bits per heavy atom. The van der Waals surface area contributed by atoms with Crippen molar-refractivity contribution in [3.63, 3.8) is 0 Å². The average Bonchev–Trinajstić information content (AvgIpc) is 2.63. The Balaban J connectivity index is 1.47. The predicted octanol–water partition coefficient (Wildman–Crippen LogP) is 2.79. The molecule has 3 rings (SSSR count). The zero-order valence-corrected chi connectivity index (χ0v) is 14.0. The molecule has 3 aliphatic carbocycles. The molecule has 24 heavy (non-hydrogen) atoms. The van der Waals surface area contributed by atoms with E-state index in [4.69, 9.17) is 0 Å². The number of hydrogen-bond acceptors (Lipinski definition) is 2. The van der Waals surface area contributed by atoms with Gasteiger partial charge in [0, 0.05) is 12.1 Å². The van der Waals surface area contributed by atoms with E-state index in [0.717, 1.165) is 38.5 Å². The van der Waals surface area contributed by atoms with Crippen molar-refractivity contribution >= 4 is 11.8 Å². The fourth-order valence-corrected chi connectivity index (χ4v) is 3.62. The molecule has 2 amide bonds. The number of amides is 2. The molecule has 1 fully saturated rings. The van der Waals surface area contributed by atoms with E-state index in [-0.39, 0.29) is 35.7 Å². The van der Waals surface area contributed by atoms with Gasteiger partial charge in [-0.05, 0) is 38.5 Å². The summed E-state index contributed by atoms with van der Waals surface area (Å²) in [5.74, 6) is 0.106. The molecule has 0 heterocycles. The zero-order valence-electron chi connectivity index (χ0n) is 14.0. The first-order chi connectivity index (χ1) is 11.7. The monoisotopic (exact) mass is 326 g/mol. The Morgan fingerprint density at radius 3 is 1.67 bits per heavy atom. The number of nitrogens with one attached hydrogen (secondary N) is 2. The summed E-state index contributed by atoms with van der Waals surface area (Å²) < 4.78 is 0. The Morgan fingerprint density at radius 2 is 1.25 bits per heavy atom. The smallest absolute Gasteiger partial charge is 0.227 e. The minimum atomic E-state index is -0.0517. The van der Waals surface area contributed by atoms with Gasteiger partial charge in [-0.15, -0.1) is 0 Å². The summed E-state index contributed by atoms with van der Waals surface area (Å²) >= 11 is 0. The van der Waals surface area contributed by atoms with Crippen LogP contribution in [0.1, 0.15) is 38.5 Å². The first-order valence-corrected chi connectivity index (χ1v) is 9.00. The summed E-state index contributed by atoms with van der Waals surface area (Å²) in [6.07, 6.45) is 21.2. The van der Waals surface area contributed by atoms with Crippen LogP contribution in [0, 0.1) is 11.8 Å². The maximum atomic E-state index is 12.3. The molecule has 0 aromatic carbocycles. The van der Waals surface area contributed by atoms with Crippen LogP contribution < -0.4 is 10.6 Å². The van der Waals surface area contributed by atoms with Crippen molar-refractivity contribution in [3.8, 4) is 0 Å². The number of rotatable bonds is 4. The molecule has 3 aliphatic rings. The Kier molecular flexibility index (Phi) is 5.68. The van der Waals surface area contributed by atoms with Crippen LogP contribution in [0.5, 0.6) is 0 Å². The Labute approximate surface area is 143 Å². The van der Waals surface area contributed by atoms with Crippen LogP contribution in [-0.2, 0) is 9.59 Å². The lowest BCUT2D eigenvalue weighted by Gasteiger charge is -2.32. The van der Waals surface area contributed by atoms with Gasteiger partial charge in [-0.2, -0.15) is 0 Å². The Hall–Kier alpha value is -2.10. The van der Waals surface area contributed by atoms with Gasteiger partial charge in [0.15, 0.2) is 0 Å². The van der Waals surface area contributed by atoms with Crippen molar-refractivity contribution in [2.24, 2.45) is 11.8 Å². The summed E-state index contributed by atoms with van der Waals surface area (Å²) in [5.41, 5.74) is 0. The van der Waals surface area contributed by atoms with Crippen LogP contribution >= 0.6 is 0 Å². The highest BCUT2D eigenvalue weighted by molar-refractivity contribution is 5.82. The van der Waals surface area contributed by atoms with E-state index in [2.05, 4.69) is 10.6 Å². The van der Waals surface area contributed by atoms with Crippen LogP contribution in [0.4, 0.5) is 0 Å². The average molecular weight is 326 g/mol. The van der Waals surface area contributed by atoms with Crippen LogP contribution in [0.15, 0.2) is 48.6 Å². The second-order valence-electron chi connectivity index (χ2n) is 6.89. The van der Waals surface area contributed by atoms with Gasteiger partial charge in [-0.3, -0.25) is 9.59 Å². The van der Waals surface area contributed by atoms with E-state index in [9.17, 15) is 9.59 Å². The standard InChI is InChI=1S/C20H26N2O2/c23-19(15-8-3-1-4-9-15)21-17-12-7-13-18(14-17)22-20(24)16-10-5-2-6-11-16/h1-6,8,10,15-18H,7,9,11-14H2,(H,21,23)(H,22,24).